The predicted molar refractivity (Wildman–Crippen MR) is 87.0 cm³/mol. The molecule has 1 aromatic heterocycles. The lowest BCUT2D eigenvalue weighted by Gasteiger charge is -2.40. The summed E-state index contributed by atoms with van der Waals surface area (Å²) in [6.07, 6.45) is 6.41. The van der Waals surface area contributed by atoms with Gasteiger partial charge in [0.15, 0.2) is 0 Å². The van der Waals surface area contributed by atoms with Crippen LogP contribution in [0.2, 0.25) is 5.02 Å². The first-order valence-corrected chi connectivity index (χ1v) is 8.24. The highest BCUT2D eigenvalue weighted by Gasteiger charge is 2.30. The average Bonchev–Trinajstić information content (AvgIpc) is 2.52. The fraction of sp³-hybridized carbons (Fsp3) is 0.733. The molecule has 1 heterocycles. The van der Waals surface area contributed by atoms with Crippen molar-refractivity contribution in [2.75, 3.05) is 18.0 Å². The zero-order valence-corrected chi connectivity index (χ0v) is 13.6. The number of aryl methyl sites for hydroxylation is 1. The van der Waals surface area contributed by atoms with E-state index in [1.165, 1.54) is 17.5 Å². The molecule has 2 unspecified atom stereocenters. The van der Waals surface area contributed by atoms with Crippen molar-refractivity contribution in [3.8, 4) is 0 Å². The molecule has 6 heteroatoms. The molecule has 118 valence electrons. The minimum Gasteiger partial charge on any atom is -0.366 e. The number of anilines is 1. The molecule has 2 rings (SSSR count). The van der Waals surface area contributed by atoms with E-state index in [4.69, 9.17) is 17.3 Å². The molecule has 1 aromatic rings. The summed E-state index contributed by atoms with van der Waals surface area (Å²) in [5.41, 5.74) is 6.47. The predicted octanol–water partition coefficient (Wildman–Crippen LogP) is 2.26. The van der Waals surface area contributed by atoms with Crippen LogP contribution in [0, 0.1) is 5.92 Å². The molecule has 2 atom stereocenters. The average molecular weight is 313 g/mol. The normalized spacial score (nSPS) is 22.3. The van der Waals surface area contributed by atoms with Crippen molar-refractivity contribution in [2.45, 2.75) is 52.1 Å². The van der Waals surface area contributed by atoms with Gasteiger partial charge in [0.1, 0.15) is 5.02 Å². The molecule has 0 amide bonds. The van der Waals surface area contributed by atoms with Crippen molar-refractivity contribution < 1.29 is 0 Å². The first-order valence-electron chi connectivity index (χ1n) is 7.86. The number of hydrogen-bond acceptors (Lipinski definition) is 4. The Bertz CT molecular complexity index is 531. The van der Waals surface area contributed by atoms with Crippen molar-refractivity contribution in [1.29, 1.82) is 0 Å². The summed E-state index contributed by atoms with van der Waals surface area (Å²) in [6, 6.07) is 0.352. The van der Waals surface area contributed by atoms with Crippen LogP contribution in [0.5, 0.6) is 0 Å². The summed E-state index contributed by atoms with van der Waals surface area (Å²) >= 11 is 6.31. The van der Waals surface area contributed by atoms with Crippen LogP contribution in [0.1, 0.15) is 39.5 Å². The maximum Gasteiger partial charge on any atom is 0.287 e. The molecule has 1 aliphatic rings. The first kappa shape index (κ1) is 16.3. The van der Waals surface area contributed by atoms with Crippen LogP contribution in [0.3, 0.4) is 0 Å². The number of nitrogens with zero attached hydrogens (tertiary/aromatic N) is 3. The summed E-state index contributed by atoms with van der Waals surface area (Å²) in [7, 11) is 0. The molecule has 2 N–H and O–H groups in total. The van der Waals surface area contributed by atoms with Gasteiger partial charge in [0.2, 0.25) is 0 Å². The Morgan fingerprint density at radius 2 is 2.14 bits per heavy atom. The lowest BCUT2D eigenvalue weighted by molar-refractivity contribution is 0.300. The molecular formula is C15H25ClN4O. The Morgan fingerprint density at radius 3 is 2.76 bits per heavy atom. The summed E-state index contributed by atoms with van der Waals surface area (Å²) in [4.78, 5) is 14.4. The van der Waals surface area contributed by atoms with Crippen LogP contribution in [-0.2, 0) is 6.54 Å². The molecule has 1 saturated carbocycles. The van der Waals surface area contributed by atoms with Gasteiger partial charge in [-0.2, -0.15) is 5.10 Å². The van der Waals surface area contributed by atoms with E-state index in [2.05, 4.69) is 16.9 Å². The van der Waals surface area contributed by atoms with Crippen molar-refractivity contribution in [2.24, 2.45) is 11.7 Å². The third kappa shape index (κ3) is 3.24. The number of halogens is 1. The van der Waals surface area contributed by atoms with E-state index < -0.39 is 0 Å². The van der Waals surface area contributed by atoms with Gasteiger partial charge in [-0.1, -0.05) is 24.4 Å². The topological polar surface area (TPSA) is 64.2 Å². The van der Waals surface area contributed by atoms with Gasteiger partial charge < -0.3 is 10.6 Å². The van der Waals surface area contributed by atoms with Gasteiger partial charge in [-0.15, -0.1) is 0 Å². The quantitative estimate of drug-likeness (QED) is 0.906. The monoisotopic (exact) mass is 312 g/mol. The Hall–Kier alpha value is -1.07. The van der Waals surface area contributed by atoms with E-state index in [1.807, 2.05) is 6.92 Å². The Kier molecular flexibility index (Phi) is 5.65. The molecule has 1 aliphatic carbocycles. The van der Waals surface area contributed by atoms with Gasteiger partial charge in [0, 0.05) is 19.1 Å². The molecule has 1 fully saturated rings. The SMILES string of the molecule is CCN(c1cnn(CC)c(=O)c1Cl)C1CCCCC1CN. The van der Waals surface area contributed by atoms with E-state index >= 15 is 0 Å². The first-order chi connectivity index (χ1) is 10.1. The molecule has 0 aliphatic heterocycles. The zero-order chi connectivity index (χ0) is 15.4. The van der Waals surface area contributed by atoms with Crippen molar-refractivity contribution in [3.05, 3.63) is 21.6 Å². The highest BCUT2D eigenvalue weighted by atomic mass is 35.5. The van der Waals surface area contributed by atoms with Crippen LogP contribution >= 0.6 is 11.6 Å². The van der Waals surface area contributed by atoms with Crippen LogP contribution in [0.15, 0.2) is 11.0 Å². The van der Waals surface area contributed by atoms with Crippen molar-refractivity contribution in [1.82, 2.24) is 9.78 Å². The standard InChI is InChI=1S/C15H25ClN4O/c1-3-19(12-8-6-5-7-11(12)9-17)13-10-18-20(4-2)15(21)14(13)16/h10-12H,3-9,17H2,1-2H3. The summed E-state index contributed by atoms with van der Waals surface area (Å²) in [6.45, 7) is 5.98. The number of aromatic nitrogens is 2. The third-order valence-electron chi connectivity index (χ3n) is 4.49. The van der Waals surface area contributed by atoms with Crippen molar-refractivity contribution in [3.63, 3.8) is 0 Å². The lowest BCUT2D eigenvalue weighted by atomic mass is 9.83. The minimum atomic E-state index is -0.213. The fourth-order valence-electron chi connectivity index (χ4n) is 3.34. The maximum absolute atomic E-state index is 12.2. The molecule has 0 bridgehead atoms. The lowest BCUT2D eigenvalue weighted by Crippen LogP contribution is -2.46. The summed E-state index contributed by atoms with van der Waals surface area (Å²) in [5, 5.41) is 4.49. The van der Waals surface area contributed by atoms with E-state index in [-0.39, 0.29) is 10.6 Å². The third-order valence-corrected chi connectivity index (χ3v) is 4.84. The molecular weight excluding hydrogens is 288 g/mol. The van der Waals surface area contributed by atoms with E-state index in [1.54, 1.807) is 6.20 Å². The van der Waals surface area contributed by atoms with Crippen LogP contribution in [-0.4, -0.2) is 28.9 Å². The van der Waals surface area contributed by atoms with Crippen LogP contribution < -0.4 is 16.2 Å². The second kappa shape index (κ2) is 7.27. The van der Waals surface area contributed by atoms with Gasteiger partial charge in [0.25, 0.3) is 5.56 Å². The summed E-state index contributed by atoms with van der Waals surface area (Å²) in [5.74, 6) is 0.461. The van der Waals surface area contributed by atoms with Crippen LogP contribution in [0.25, 0.3) is 0 Å². The Morgan fingerprint density at radius 1 is 1.43 bits per heavy atom. The van der Waals surface area contributed by atoms with E-state index in [9.17, 15) is 4.79 Å². The Labute approximate surface area is 131 Å². The minimum absolute atomic E-state index is 0.213. The molecule has 21 heavy (non-hydrogen) atoms. The van der Waals surface area contributed by atoms with Gasteiger partial charge in [0.05, 0.1) is 11.9 Å². The highest BCUT2D eigenvalue weighted by molar-refractivity contribution is 6.33. The van der Waals surface area contributed by atoms with Gasteiger partial charge >= 0.3 is 0 Å². The van der Waals surface area contributed by atoms with Gasteiger partial charge in [-0.25, -0.2) is 4.68 Å². The molecule has 5 nitrogen and oxygen atoms in total. The zero-order valence-electron chi connectivity index (χ0n) is 12.9. The second-order valence-electron chi connectivity index (χ2n) is 5.60. The van der Waals surface area contributed by atoms with Gasteiger partial charge in [-0.3, -0.25) is 4.79 Å². The number of nitrogens with two attached hydrogens (primary N) is 1. The van der Waals surface area contributed by atoms with E-state index in [0.717, 1.165) is 25.1 Å². The van der Waals surface area contributed by atoms with E-state index in [0.29, 0.717) is 25.0 Å². The highest BCUT2D eigenvalue weighted by Crippen LogP contribution is 2.32. The van der Waals surface area contributed by atoms with Gasteiger partial charge in [-0.05, 0) is 39.2 Å². The smallest absolute Gasteiger partial charge is 0.287 e. The second-order valence-corrected chi connectivity index (χ2v) is 5.98. The largest absolute Gasteiger partial charge is 0.366 e. The van der Waals surface area contributed by atoms with Crippen molar-refractivity contribution >= 4 is 17.3 Å². The fourth-order valence-corrected chi connectivity index (χ4v) is 3.59. The molecule has 0 radical (unpaired) electrons. The molecule has 0 saturated heterocycles. The molecule has 0 aromatic carbocycles. The number of hydrogen-bond donors (Lipinski definition) is 1. The Balaban J connectivity index is 2.37. The number of rotatable bonds is 5. The summed E-state index contributed by atoms with van der Waals surface area (Å²) < 4.78 is 1.39. The molecule has 0 spiro atoms. The van der Waals surface area contributed by atoms with Crippen LogP contribution in [0.4, 0.5) is 5.69 Å². The maximum atomic E-state index is 12.2.